The fourth-order valence-corrected chi connectivity index (χ4v) is 5.71. The summed E-state index contributed by atoms with van der Waals surface area (Å²) < 4.78 is 12.0. The van der Waals surface area contributed by atoms with E-state index in [1.165, 1.54) is 5.51 Å². The fourth-order valence-electron chi connectivity index (χ4n) is 4.12. The minimum atomic E-state index is -0.999. The number of carboxylic acids is 1. The lowest BCUT2D eigenvalue weighted by molar-refractivity contribution is 0.0217. The molecule has 7 nitrogen and oxygen atoms in total. The standard InChI is InChI=1S/C22H20Cl3N3O4S/c23-14-2-1-3-15(24)17(14)18-13(19(32-27-18)11-4-5-11)9-31-12-6-7-28(16(25)8-12)21-20(22(29)30)33-10-26-21/h1-3,10-12,16H,4-9H2,(H,29,30). The maximum atomic E-state index is 11.5. The van der Waals surface area contributed by atoms with Gasteiger partial charge in [-0.05, 0) is 31.4 Å². The molecule has 1 saturated heterocycles. The Morgan fingerprint density at radius 3 is 2.70 bits per heavy atom. The summed E-state index contributed by atoms with van der Waals surface area (Å²) in [6, 6.07) is 5.34. The van der Waals surface area contributed by atoms with Crippen molar-refractivity contribution in [2.45, 2.75) is 49.8 Å². The Kier molecular flexibility index (Phi) is 6.55. The molecule has 2 atom stereocenters. The first kappa shape index (κ1) is 22.9. The van der Waals surface area contributed by atoms with Crippen LogP contribution in [0.5, 0.6) is 0 Å². The zero-order chi connectivity index (χ0) is 23.1. The predicted octanol–water partition coefficient (Wildman–Crippen LogP) is 6.43. The third kappa shape index (κ3) is 4.59. The number of aromatic nitrogens is 2. The van der Waals surface area contributed by atoms with Gasteiger partial charge in [-0.15, -0.1) is 11.3 Å². The molecule has 2 aliphatic rings. The summed E-state index contributed by atoms with van der Waals surface area (Å²) in [4.78, 5) is 17.7. The average Bonchev–Trinajstić information content (AvgIpc) is 3.35. The van der Waals surface area contributed by atoms with Crippen LogP contribution in [-0.4, -0.2) is 39.4 Å². The summed E-state index contributed by atoms with van der Waals surface area (Å²) in [5.41, 5.74) is 3.23. The molecule has 1 N–H and O–H groups in total. The third-order valence-electron chi connectivity index (χ3n) is 5.93. The van der Waals surface area contributed by atoms with Crippen LogP contribution in [0.1, 0.15) is 52.6 Å². The van der Waals surface area contributed by atoms with E-state index in [1.54, 1.807) is 18.2 Å². The van der Waals surface area contributed by atoms with Crippen molar-refractivity contribution >= 4 is 57.9 Å². The second-order valence-electron chi connectivity index (χ2n) is 8.14. The highest BCUT2D eigenvalue weighted by atomic mass is 35.5. The van der Waals surface area contributed by atoms with E-state index in [1.807, 2.05) is 4.90 Å². The zero-order valence-electron chi connectivity index (χ0n) is 17.3. The van der Waals surface area contributed by atoms with Crippen LogP contribution in [0.2, 0.25) is 10.0 Å². The van der Waals surface area contributed by atoms with Crippen LogP contribution >= 0.6 is 46.1 Å². The number of anilines is 1. The summed E-state index contributed by atoms with van der Waals surface area (Å²) in [5.74, 6) is 0.583. The van der Waals surface area contributed by atoms with Crippen molar-refractivity contribution in [3.05, 3.63) is 50.0 Å². The van der Waals surface area contributed by atoms with Crippen LogP contribution < -0.4 is 4.90 Å². The fraction of sp³-hybridized carbons (Fsp3) is 0.409. The van der Waals surface area contributed by atoms with Gasteiger partial charge in [0.25, 0.3) is 0 Å². The summed E-state index contributed by atoms with van der Waals surface area (Å²) in [6.45, 7) is 0.850. The largest absolute Gasteiger partial charge is 0.477 e. The van der Waals surface area contributed by atoms with Crippen molar-refractivity contribution in [3.8, 4) is 11.3 Å². The van der Waals surface area contributed by atoms with E-state index in [0.717, 1.165) is 35.5 Å². The second kappa shape index (κ2) is 9.43. The molecule has 0 bridgehead atoms. The monoisotopic (exact) mass is 527 g/mol. The molecule has 2 fully saturated rings. The molecule has 0 amide bonds. The topological polar surface area (TPSA) is 88.7 Å². The highest BCUT2D eigenvalue weighted by Gasteiger charge is 2.35. The Labute approximate surface area is 209 Å². The number of hydrogen-bond acceptors (Lipinski definition) is 7. The Morgan fingerprint density at radius 1 is 1.27 bits per heavy atom. The average molecular weight is 529 g/mol. The van der Waals surface area contributed by atoms with Crippen molar-refractivity contribution in [3.63, 3.8) is 0 Å². The van der Waals surface area contributed by atoms with Gasteiger partial charge in [-0.3, -0.25) is 0 Å². The number of nitrogens with zero attached hydrogens (tertiary/aromatic N) is 3. The molecule has 1 aliphatic carbocycles. The van der Waals surface area contributed by atoms with Gasteiger partial charge in [-0.25, -0.2) is 9.78 Å². The van der Waals surface area contributed by atoms with Crippen LogP contribution in [-0.2, 0) is 11.3 Å². The van der Waals surface area contributed by atoms with Gasteiger partial charge in [-0.1, -0.05) is 46.0 Å². The van der Waals surface area contributed by atoms with Gasteiger partial charge in [0.1, 0.15) is 17.0 Å². The van der Waals surface area contributed by atoms with E-state index < -0.39 is 11.5 Å². The first-order valence-corrected chi connectivity index (χ1v) is 12.6. The number of thiazole rings is 1. The van der Waals surface area contributed by atoms with Crippen molar-refractivity contribution in [1.82, 2.24) is 10.1 Å². The number of ether oxygens (including phenoxy) is 1. The molecule has 0 spiro atoms. The number of piperidine rings is 1. The number of carboxylic acid groups (broad SMARTS) is 1. The summed E-state index contributed by atoms with van der Waals surface area (Å²) in [7, 11) is 0. The van der Waals surface area contributed by atoms with Crippen LogP contribution in [0.4, 0.5) is 5.82 Å². The second-order valence-corrected chi connectivity index (χ2v) is 10.3. The summed E-state index contributed by atoms with van der Waals surface area (Å²) >= 11 is 20.6. The Hall–Kier alpha value is -1.84. The highest BCUT2D eigenvalue weighted by molar-refractivity contribution is 7.12. The van der Waals surface area contributed by atoms with Gasteiger partial charge in [0.2, 0.25) is 0 Å². The molecule has 3 heterocycles. The van der Waals surface area contributed by atoms with Crippen LogP contribution in [0.3, 0.4) is 0 Å². The van der Waals surface area contributed by atoms with Gasteiger partial charge in [0.05, 0.1) is 28.3 Å². The van der Waals surface area contributed by atoms with Crippen LogP contribution in [0.25, 0.3) is 11.3 Å². The van der Waals surface area contributed by atoms with Crippen molar-refractivity contribution in [2.75, 3.05) is 11.4 Å². The molecule has 2 unspecified atom stereocenters. The zero-order valence-corrected chi connectivity index (χ0v) is 20.4. The van der Waals surface area contributed by atoms with Gasteiger partial charge in [-0.2, -0.15) is 0 Å². The Bertz CT molecular complexity index is 1160. The maximum Gasteiger partial charge on any atom is 0.349 e. The van der Waals surface area contributed by atoms with E-state index in [4.69, 9.17) is 44.1 Å². The van der Waals surface area contributed by atoms with E-state index in [2.05, 4.69) is 10.1 Å². The van der Waals surface area contributed by atoms with E-state index in [-0.39, 0.29) is 11.0 Å². The molecular weight excluding hydrogens is 509 g/mol. The number of halogens is 3. The smallest absolute Gasteiger partial charge is 0.349 e. The third-order valence-corrected chi connectivity index (χ3v) is 7.78. The van der Waals surface area contributed by atoms with Gasteiger partial charge < -0.3 is 19.3 Å². The van der Waals surface area contributed by atoms with Gasteiger partial charge >= 0.3 is 5.97 Å². The first-order chi connectivity index (χ1) is 15.9. The molecule has 1 aromatic carbocycles. The molecule has 1 aliphatic heterocycles. The number of benzene rings is 1. The summed E-state index contributed by atoms with van der Waals surface area (Å²) in [6.07, 6.45) is 3.22. The highest BCUT2D eigenvalue weighted by Crippen LogP contribution is 2.46. The van der Waals surface area contributed by atoms with E-state index >= 15 is 0 Å². The van der Waals surface area contributed by atoms with Crippen molar-refractivity contribution in [2.24, 2.45) is 0 Å². The molecule has 3 aromatic rings. The Morgan fingerprint density at radius 2 is 2.03 bits per heavy atom. The molecule has 0 radical (unpaired) electrons. The van der Waals surface area contributed by atoms with E-state index in [9.17, 15) is 9.90 Å². The lowest BCUT2D eigenvalue weighted by Gasteiger charge is -2.36. The first-order valence-electron chi connectivity index (χ1n) is 10.6. The predicted molar refractivity (Wildman–Crippen MR) is 128 cm³/mol. The minimum absolute atomic E-state index is 0.104. The SMILES string of the molecule is O=C(O)c1scnc1N1CCC(OCc2c(-c3c(Cl)cccc3Cl)noc2C2CC2)CC1Cl. The van der Waals surface area contributed by atoms with Gasteiger partial charge in [0, 0.05) is 30.0 Å². The molecule has 2 aromatic heterocycles. The molecule has 33 heavy (non-hydrogen) atoms. The Balaban J connectivity index is 1.32. The number of carbonyl (C=O) groups is 1. The van der Waals surface area contributed by atoms with Crippen molar-refractivity contribution < 1.29 is 19.2 Å². The lowest BCUT2D eigenvalue weighted by atomic mass is 10.0. The molecule has 1 saturated carbocycles. The number of alkyl halides is 1. The van der Waals surface area contributed by atoms with Crippen LogP contribution in [0.15, 0.2) is 28.2 Å². The van der Waals surface area contributed by atoms with Crippen LogP contribution in [0, 0.1) is 0 Å². The molecule has 5 rings (SSSR count). The van der Waals surface area contributed by atoms with E-state index in [0.29, 0.717) is 59.0 Å². The number of rotatable bonds is 7. The van der Waals surface area contributed by atoms with Gasteiger partial charge in [0.15, 0.2) is 10.7 Å². The minimum Gasteiger partial charge on any atom is -0.477 e. The lowest BCUT2D eigenvalue weighted by Crippen LogP contribution is -2.43. The quantitative estimate of drug-likeness (QED) is 0.279. The molecular formula is C22H20Cl3N3O4S. The molecule has 174 valence electrons. The number of hydrogen-bond donors (Lipinski definition) is 1. The van der Waals surface area contributed by atoms with Crippen molar-refractivity contribution in [1.29, 1.82) is 0 Å². The maximum absolute atomic E-state index is 11.5. The molecule has 11 heteroatoms. The summed E-state index contributed by atoms with van der Waals surface area (Å²) in [5, 5.41) is 14.7. The number of aromatic carboxylic acids is 1. The normalized spacial score (nSPS) is 20.9.